The van der Waals surface area contributed by atoms with Crippen LogP contribution in [0.25, 0.3) is 0 Å². The fourth-order valence-corrected chi connectivity index (χ4v) is 7.94. The Hall–Kier alpha value is -3.41. The zero-order chi connectivity index (χ0) is 50.0. The normalized spacial score (nSPS) is 12.7. The van der Waals surface area contributed by atoms with Crippen molar-refractivity contribution < 1.29 is 28.6 Å². The smallest absolute Gasteiger partial charge is 0.306 e. The Labute approximate surface area is 426 Å². The Balaban J connectivity index is 4.53. The summed E-state index contributed by atoms with van der Waals surface area (Å²) < 4.78 is 16.8. The maximum Gasteiger partial charge on any atom is 0.306 e. The quantitative estimate of drug-likeness (QED) is 0.0262. The fourth-order valence-electron chi connectivity index (χ4n) is 7.94. The van der Waals surface area contributed by atoms with Crippen LogP contribution in [0.15, 0.2) is 85.1 Å². The average molecular weight is 962 g/mol. The number of carbonyl (C=O) groups excluding carboxylic acids is 3. The van der Waals surface area contributed by atoms with Crippen molar-refractivity contribution in [2.75, 3.05) is 13.2 Å². The van der Waals surface area contributed by atoms with Crippen molar-refractivity contribution in [2.24, 2.45) is 0 Å². The summed E-state index contributed by atoms with van der Waals surface area (Å²) in [7, 11) is 0. The number of unbranched alkanes of at least 4 members (excludes halogenated alkanes) is 27. The topological polar surface area (TPSA) is 78.9 Å². The van der Waals surface area contributed by atoms with Crippen molar-refractivity contribution in [2.45, 2.75) is 284 Å². The Kier molecular flexibility index (Phi) is 54.3. The van der Waals surface area contributed by atoms with E-state index in [2.05, 4.69) is 106 Å². The molecule has 0 saturated carbocycles. The number of hydrogen-bond donors (Lipinski definition) is 0. The van der Waals surface area contributed by atoms with Gasteiger partial charge in [-0.15, -0.1) is 0 Å². The molecule has 396 valence electrons. The Morgan fingerprint density at radius 2 is 0.536 bits per heavy atom. The first kappa shape index (κ1) is 65.6. The molecule has 6 heteroatoms. The molecule has 1 atom stereocenters. The van der Waals surface area contributed by atoms with Gasteiger partial charge < -0.3 is 14.2 Å². The monoisotopic (exact) mass is 961 g/mol. The van der Waals surface area contributed by atoms with Crippen LogP contribution in [0.3, 0.4) is 0 Å². The molecule has 0 bridgehead atoms. The minimum absolute atomic E-state index is 0.114. The Morgan fingerprint density at radius 3 is 0.884 bits per heavy atom. The highest BCUT2D eigenvalue weighted by atomic mass is 16.6. The maximum absolute atomic E-state index is 12.8. The van der Waals surface area contributed by atoms with Gasteiger partial charge in [0.1, 0.15) is 13.2 Å². The number of ether oxygens (including phenoxy) is 3. The van der Waals surface area contributed by atoms with Crippen molar-refractivity contribution in [3.05, 3.63) is 85.1 Å². The van der Waals surface area contributed by atoms with Crippen LogP contribution >= 0.6 is 0 Å². The molecule has 0 aromatic heterocycles. The van der Waals surface area contributed by atoms with Gasteiger partial charge in [-0.1, -0.05) is 234 Å². The molecule has 0 aliphatic carbocycles. The molecule has 69 heavy (non-hydrogen) atoms. The summed E-state index contributed by atoms with van der Waals surface area (Å²) in [5, 5.41) is 0. The van der Waals surface area contributed by atoms with Crippen molar-refractivity contribution in [1.82, 2.24) is 0 Å². The molecule has 0 spiro atoms. The first-order valence-electron chi connectivity index (χ1n) is 29.1. The number of allylic oxidation sites excluding steroid dienone is 14. The highest BCUT2D eigenvalue weighted by Crippen LogP contribution is 2.14. The minimum atomic E-state index is -0.826. The molecule has 0 aliphatic heterocycles. The van der Waals surface area contributed by atoms with Crippen LogP contribution < -0.4 is 0 Å². The molecule has 0 saturated heterocycles. The number of hydrogen-bond acceptors (Lipinski definition) is 6. The van der Waals surface area contributed by atoms with E-state index in [9.17, 15) is 14.4 Å². The SMILES string of the molecule is CCCCCCCC/C=C\C/C=C\C/C=C\CCCC(=O)OCC(COC(=O)CCCCCCCCC/C=C\CCCCCCCC)OC(=O)CCC/C=C\C/C=C\C/C=C\CCCCCCCC. The maximum atomic E-state index is 12.8. The molecule has 0 rings (SSSR count). The molecule has 0 heterocycles. The van der Waals surface area contributed by atoms with Gasteiger partial charge in [0, 0.05) is 19.3 Å². The van der Waals surface area contributed by atoms with Gasteiger partial charge in [-0.05, 0) is 109 Å². The van der Waals surface area contributed by atoms with E-state index in [1.54, 1.807) is 0 Å². The lowest BCUT2D eigenvalue weighted by Crippen LogP contribution is -2.30. The van der Waals surface area contributed by atoms with Gasteiger partial charge in [-0.3, -0.25) is 14.4 Å². The average Bonchev–Trinajstić information content (AvgIpc) is 3.35. The second kappa shape index (κ2) is 57.2. The van der Waals surface area contributed by atoms with Crippen LogP contribution in [-0.4, -0.2) is 37.2 Å². The van der Waals surface area contributed by atoms with E-state index >= 15 is 0 Å². The molecule has 0 amide bonds. The Morgan fingerprint density at radius 1 is 0.290 bits per heavy atom. The summed E-state index contributed by atoms with van der Waals surface area (Å²) in [5.41, 5.74) is 0. The van der Waals surface area contributed by atoms with Gasteiger partial charge >= 0.3 is 17.9 Å². The van der Waals surface area contributed by atoms with Crippen LogP contribution in [0, 0.1) is 0 Å². The van der Waals surface area contributed by atoms with Gasteiger partial charge in [-0.2, -0.15) is 0 Å². The molecule has 0 aromatic carbocycles. The number of rotatable bonds is 52. The number of esters is 3. The lowest BCUT2D eigenvalue weighted by molar-refractivity contribution is -0.167. The molecule has 1 unspecified atom stereocenters. The van der Waals surface area contributed by atoms with Crippen molar-refractivity contribution in [1.29, 1.82) is 0 Å². The zero-order valence-corrected chi connectivity index (χ0v) is 45.3. The Bertz CT molecular complexity index is 1330. The largest absolute Gasteiger partial charge is 0.462 e. The van der Waals surface area contributed by atoms with Crippen LogP contribution in [0.4, 0.5) is 0 Å². The first-order chi connectivity index (χ1) is 34.0. The molecule has 0 radical (unpaired) electrons. The second-order valence-electron chi connectivity index (χ2n) is 19.2. The third kappa shape index (κ3) is 55.4. The van der Waals surface area contributed by atoms with Gasteiger partial charge in [0.15, 0.2) is 6.10 Å². The number of carbonyl (C=O) groups is 3. The molecule has 0 aliphatic rings. The zero-order valence-electron chi connectivity index (χ0n) is 45.3. The van der Waals surface area contributed by atoms with E-state index in [-0.39, 0.29) is 44.0 Å². The lowest BCUT2D eigenvalue weighted by Gasteiger charge is -2.18. The standard InChI is InChI=1S/C63H108O6/c1-4-7-10-13-16-19-22-25-28-31-34-37-40-43-46-49-52-55-61(64)67-58-60(69-63(66)57-54-51-48-45-42-39-36-33-30-27-24-21-18-15-12-9-6-3)59-68-62(65)56-53-50-47-44-41-38-35-32-29-26-23-20-17-14-11-8-5-2/h25-30,34,36-37,39,43,45-46,48,60H,4-24,31-33,35,38,40-42,44,47,49-59H2,1-3H3/b28-25-,29-26-,30-27-,37-34-,39-36-,46-43-,48-45-. The van der Waals surface area contributed by atoms with Crippen LogP contribution in [-0.2, 0) is 28.6 Å². The predicted octanol–water partition coefficient (Wildman–Crippen LogP) is 19.5. The molecular formula is C63H108O6. The van der Waals surface area contributed by atoms with Gasteiger partial charge in [0.25, 0.3) is 0 Å². The molecule has 0 aromatic rings. The van der Waals surface area contributed by atoms with E-state index in [0.717, 1.165) is 57.8 Å². The van der Waals surface area contributed by atoms with E-state index in [4.69, 9.17) is 14.2 Å². The predicted molar refractivity (Wildman–Crippen MR) is 297 cm³/mol. The van der Waals surface area contributed by atoms with Gasteiger partial charge in [-0.25, -0.2) is 0 Å². The third-order valence-corrected chi connectivity index (χ3v) is 12.3. The van der Waals surface area contributed by atoms with Crippen LogP contribution in [0.5, 0.6) is 0 Å². The summed E-state index contributed by atoms with van der Waals surface area (Å²) in [6.07, 6.45) is 74.4. The first-order valence-corrected chi connectivity index (χ1v) is 29.1. The van der Waals surface area contributed by atoms with E-state index in [1.807, 2.05) is 0 Å². The fraction of sp³-hybridized carbons (Fsp3) is 0.730. The molecular weight excluding hydrogens is 853 g/mol. The molecule has 6 nitrogen and oxygen atoms in total. The highest BCUT2D eigenvalue weighted by Gasteiger charge is 2.19. The van der Waals surface area contributed by atoms with Crippen LogP contribution in [0.2, 0.25) is 0 Å². The highest BCUT2D eigenvalue weighted by molar-refractivity contribution is 5.71. The van der Waals surface area contributed by atoms with Gasteiger partial charge in [0.05, 0.1) is 0 Å². The van der Waals surface area contributed by atoms with Crippen molar-refractivity contribution >= 4 is 17.9 Å². The van der Waals surface area contributed by atoms with Crippen molar-refractivity contribution in [3.8, 4) is 0 Å². The van der Waals surface area contributed by atoms with E-state index in [0.29, 0.717) is 19.3 Å². The lowest BCUT2D eigenvalue weighted by atomic mass is 10.1. The van der Waals surface area contributed by atoms with E-state index in [1.165, 1.54) is 167 Å². The molecule has 0 N–H and O–H groups in total. The summed E-state index contributed by atoms with van der Waals surface area (Å²) in [6, 6.07) is 0. The van der Waals surface area contributed by atoms with E-state index < -0.39 is 6.10 Å². The van der Waals surface area contributed by atoms with Crippen LogP contribution in [0.1, 0.15) is 278 Å². The third-order valence-electron chi connectivity index (χ3n) is 12.3. The summed E-state index contributed by atoms with van der Waals surface area (Å²) >= 11 is 0. The molecule has 0 fully saturated rings. The summed E-state index contributed by atoms with van der Waals surface area (Å²) in [6.45, 7) is 6.55. The minimum Gasteiger partial charge on any atom is -0.462 e. The van der Waals surface area contributed by atoms with Gasteiger partial charge in [0.2, 0.25) is 0 Å². The van der Waals surface area contributed by atoms with Crippen molar-refractivity contribution in [3.63, 3.8) is 0 Å². The summed E-state index contributed by atoms with van der Waals surface area (Å²) in [4.78, 5) is 38.1. The second-order valence-corrected chi connectivity index (χ2v) is 19.2. The summed E-state index contributed by atoms with van der Waals surface area (Å²) in [5.74, 6) is -1.02.